The average molecular weight is 540 g/mol. The number of ketones is 1. The van der Waals surface area contributed by atoms with Gasteiger partial charge in [0.15, 0.2) is 5.78 Å². The molecule has 1 saturated heterocycles. The fraction of sp³-hybridized carbons (Fsp3) is 0.333. The first kappa shape index (κ1) is 23.6. The molecule has 1 heterocycles. The van der Waals surface area contributed by atoms with Gasteiger partial charge in [-0.2, -0.15) is 5.01 Å². The summed E-state index contributed by atoms with van der Waals surface area (Å²) in [4.78, 5) is 53.7. The van der Waals surface area contributed by atoms with Crippen molar-refractivity contribution in [1.82, 2.24) is 10.0 Å². The van der Waals surface area contributed by atoms with Gasteiger partial charge in [-0.15, -0.1) is 0 Å². The summed E-state index contributed by atoms with van der Waals surface area (Å²) in [5.74, 6) is -2.89. The van der Waals surface area contributed by atoms with E-state index in [4.69, 9.17) is 46.4 Å². The number of halogens is 4. The Morgan fingerprint density at radius 3 is 1.82 bits per heavy atom. The van der Waals surface area contributed by atoms with E-state index in [2.05, 4.69) is 0 Å². The highest BCUT2D eigenvalue weighted by atomic mass is 35.5. The van der Waals surface area contributed by atoms with E-state index in [1.807, 2.05) is 0 Å². The number of amides is 3. The number of fused-ring (bicyclic) bond motifs is 5. The molecule has 1 aliphatic heterocycles. The van der Waals surface area contributed by atoms with E-state index in [1.165, 1.54) is 36.4 Å². The molecule has 2 aromatic carbocycles. The van der Waals surface area contributed by atoms with Crippen molar-refractivity contribution in [2.75, 3.05) is 6.54 Å². The molecule has 34 heavy (non-hydrogen) atoms. The summed E-state index contributed by atoms with van der Waals surface area (Å²) in [6.07, 6.45) is 2.61. The minimum absolute atomic E-state index is 0.0155. The molecule has 4 atom stereocenters. The number of benzene rings is 2. The predicted octanol–water partition coefficient (Wildman–Crippen LogP) is 5.57. The molecule has 0 aromatic heterocycles. The van der Waals surface area contributed by atoms with Crippen molar-refractivity contribution in [3.8, 4) is 0 Å². The van der Waals surface area contributed by atoms with Gasteiger partial charge in [-0.05, 0) is 67.5 Å². The van der Waals surface area contributed by atoms with Crippen LogP contribution in [0.4, 0.5) is 0 Å². The van der Waals surface area contributed by atoms with Crippen LogP contribution in [-0.2, 0) is 9.59 Å². The lowest BCUT2D eigenvalue weighted by atomic mass is 9.81. The van der Waals surface area contributed by atoms with Crippen LogP contribution in [0.3, 0.4) is 0 Å². The molecule has 5 rings (SSSR count). The molecule has 6 nitrogen and oxygen atoms in total. The number of hydrogen-bond donors (Lipinski definition) is 0. The second kappa shape index (κ2) is 8.83. The highest BCUT2D eigenvalue weighted by Crippen LogP contribution is 2.56. The van der Waals surface area contributed by atoms with Gasteiger partial charge in [0, 0.05) is 15.6 Å². The number of rotatable bonds is 5. The topological polar surface area (TPSA) is 74.8 Å². The molecule has 3 fully saturated rings. The lowest BCUT2D eigenvalue weighted by molar-refractivity contribution is -0.154. The molecule has 0 radical (unpaired) electrons. The minimum atomic E-state index is -0.755. The van der Waals surface area contributed by atoms with E-state index < -0.39 is 41.9 Å². The summed E-state index contributed by atoms with van der Waals surface area (Å²) in [6, 6.07) is 8.60. The molecule has 0 unspecified atom stereocenters. The van der Waals surface area contributed by atoms with Crippen LogP contribution < -0.4 is 0 Å². The quantitative estimate of drug-likeness (QED) is 0.367. The van der Waals surface area contributed by atoms with Crippen LogP contribution in [0.5, 0.6) is 0 Å². The molecular weight excluding hydrogens is 522 g/mol. The molecule has 2 aliphatic carbocycles. The van der Waals surface area contributed by atoms with Crippen molar-refractivity contribution in [3.05, 3.63) is 67.6 Å². The maximum absolute atomic E-state index is 13.6. The smallest absolute Gasteiger partial charge is 0.274 e. The first-order valence-corrected chi connectivity index (χ1v) is 12.3. The Hall–Kier alpha value is -2.12. The number of nitrogens with zero attached hydrogens (tertiary/aromatic N) is 2. The van der Waals surface area contributed by atoms with Gasteiger partial charge in [-0.3, -0.25) is 19.2 Å². The number of Topliss-reactive ketones (excluding diaryl/α,β-unsaturated/α-hetero) is 1. The molecule has 0 N–H and O–H groups in total. The largest absolute Gasteiger partial charge is 0.292 e. The highest BCUT2D eigenvalue weighted by molar-refractivity contribution is 6.37. The summed E-state index contributed by atoms with van der Waals surface area (Å²) in [7, 11) is 0. The van der Waals surface area contributed by atoms with Gasteiger partial charge in [0.2, 0.25) is 0 Å². The van der Waals surface area contributed by atoms with E-state index in [0.717, 1.165) is 29.3 Å². The van der Waals surface area contributed by atoms with E-state index in [9.17, 15) is 19.2 Å². The van der Waals surface area contributed by atoms with Crippen molar-refractivity contribution in [2.24, 2.45) is 23.7 Å². The van der Waals surface area contributed by atoms with E-state index in [0.29, 0.717) is 10.0 Å². The summed E-state index contributed by atoms with van der Waals surface area (Å²) < 4.78 is 0. The summed E-state index contributed by atoms with van der Waals surface area (Å²) in [5, 5.41) is 2.55. The van der Waals surface area contributed by atoms with Gasteiger partial charge in [0.25, 0.3) is 17.7 Å². The van der Waals surface area contributed by atoms with Gasteiger partial charge >= 0.3 is 0 Å². The van der Waals surface area contributed by atoms with Crippen molar-refractivity contribution < 1.29 is 19.2 Å². The van der Waals surface area contributed by atoms with Gasteiger partial charge in [-0.25, -0.2) is 5.01 Å². The average Bonchev–Trinajstić information content (AvgIpc) is 3.45. The Kier molecular flexibility index (Phi) is 6.13. The molecule has 3 aliphatic rings. The minimum Gasteiger partial charge on any atom is -0.292 e. The summed E-state index contributed by atoms with van der Waals surface area (Å²) in [6.45, 7) is -0.578. The summed E-state index contributed by atoms with van der Waals surface area (Å²) >= 11 is 24.4. The maximum Gasteiger partial charge on any atom is 0.274 e. The number of imide groups is 1. The number of carbonyl (C=O) groups is 4. The molecule has 10 heteroatoms. The first-order valence-electron chi connectivity index (χ1n) is 10.8. The third-order valence-electron chi connectivity index (χ3n) is 7.07. The summed E-state index contributed by atoms with van der Waals surface area (Å²) in [5.41, 5.74) is 0.132. The molecular formula is C24H18Cl4N2O4. The normalized spacial score (nSPS) is 25.1. The van der Waals surface area contributed by atoms with Gasteiger partial charge in [0.1, 0.15) is 6.54 Å². The monoisotopic (exact) mass is 538 g/mol. The van der Waals surface area contributed by atoms with Crippen LogP contribution >= 0.6 is 46.4 Å². The standard InChI is InChI=1S/C24H18Cl4N2O4/c25-13-3-5-15(17(27)8-13)19(31)10-29(22(32)16-6-4-14(26)9-18(16)28)30-23(33)20-11-1-2-12(7-11)21(20)24(30)34/h3-6,8-9,11-12,20-21H,1-2,7,10H2/t11-,12-,20-,21+/m0/s1. The zero-order chi connectivity index (χ0) is 24.3. The van der Waals surface area contributed by atoms with Crippen LogP contribution in [0.25, 0.3) is 0 Å². The Morgan fingerprint density at radius 2 is 1.32 bits per heavy atom. The number of carbonyl (C=O) groups excluding carboxylic acids is 4. The highest BCUT2D eigenvalue weighted by Gasteiger charge is 2.62. The second-order valence-corrected chi connectivity index (χ2v) is 10.6. The van der Waals surface area contributed by atoms with Gasteiger partial charge in [0.05, 0.1) is 27.4 Å². The Balaban J connectivity index is 1.53. The van der Waals surface area contributed by atoms with Crippen LogP contribution in [0, 0.1) is 23.7 Å². The fourth-order valence-corrected chi connectivity index (χ4v) is 6.61. The van der Waals surface area contributed by atoms with Crippen molar-refractivity contribution in [2.45, 2.75) is 19.3 Å². The van der Waals surface area contributed by atoms with Crippen LogP contribution in [0.1, 0.15) is 40.0 Å². The molecule has 0 spiro atoms. The Labute approximate surface area is 215 Å². The zero-order valence-electron chi connectivity index (χ0n) is 17.6. The van der Waals surface area contributed by atoms with Crippen LogP contribution in [0.15, 0.2) is 36.4 Å². The second-order valence-electron chi connectivity index (χ2n) is 8.91. The van der Waals surface area contributed by atoms with Crippen molar-refractivity contribution >= 4 is 69.9 Å². The van der Waals surface area contributed by atoms with Crippen molar-refractivity contribution in [1.29, 1.82) is 0 Å². The van der Waals surface area contributed by atoms with Crippen LogP contribution in [0.2, 0.25) is 20.1 Å². The molecule has 3 amide bonds. The number of hydrogen-bond acceptors (Lipinski definition) is 4. The van der Waals surface area contributed by atoms with E-state index in [1.54, 1.807) is 0 Å². The lowest BCUT2D eigenvalue weighted by Crippen LogP contribution is -2.52. The molecule has 176 valence electrons. The van der Waals surface area contributed by atoms with E-state index >= 15 is 0 Å². The van der Waals surface area contributed by atoms with Crippen LogP contribution in [-0.4, -0.2) is 40.1 Å². The predicted molar refractivity (Wildman–Crippen MR) is 128 cm³/mol. The SMILES string of the molecule is O=C(CN(C(=O)c1ccc(Cl)cc1Cl)N1C(=O)[C@@H]2[C@H]3CC[C@@H](C3)[C@@H]2C1=O)c1ccc(Cl)cc1Cl. The van der Waals surface area contributed by atoms with Gasteiger partial charge in [-0.1, -0.05) is 46.4 Å². The van der Waals surface area contributed by atoms with Gasteiger partial charge < -0.3 is 0 Å². The first-order chi connectivity index (χ1) is 16.2. The third kappa shape index (κ3) is 3.81. The zero-order valence-corrected chi connectivity index (χ0v) is 20.7. The Morgan fingerprint density at radius 1 is 0.824 bits per heavy atom. The van der Waals surface area contributed by atoms with Crippen molar-refractivity contribution in [3.63, 3.8) is 0 Å². The van der Waals surface area contributed by atoms with E-state index in [-0.39, 0.29) is 33.0 Å². The Bertz CT molecular complexity index is 1220. The third-order valence-corrected chi connectivity index (χ3v) is 8.16. The number of hydrazine groups is 1. The maximum atomic E-state index is 13.6. The molecule has 2 bridgehead atoms. The fourth-order valence-electron chi connectivity index (χ4n) is 5.60. The lowest BCUT2D eigenvalue weighted by Gasteiger charge is -2.31. The molecule has 2 aromatic rings. The molecule has 2 saturated carbocycles.